The Morgan fingerprint density at radius 3 is 2.71 bits per heavy atom. The van der Waals surface area contributed by atoms with E-state index in [-0.39, 0.29) is 11.8 Å². The number of nitrogens with zero attached hydrogens (tertiary/aromatic N) is 4. The second-order valence-corrected chi connectivity index (χ2v) is 6.13. The highest BCUT2D eigenvalue weighted by Crippen LogP contribution is 2.22. The van der Waals surface area contributed by atoms with Gasteiger partial charge in [-0.1, -0.05) is 27.2 Å². The molecule has 0 radical (unpaired) electrons. The number of fused-ring (bicyclic) bond motifs is 1. The quantitative estimate of drug-likeness (QED) is 0.871. The summed E-state index contributed by atoms with van der Waals surface area (Å²) in [5, 5.41) is 10.9. The lowest BCUT2D eigenvalue weighted by Crippen LogP contribution is -2.39. The van der Waals surface area contributed by atoms with Gasteiger partial charge in [0.25, 0.3) is 5.91 Å². The third kappa shape index (κ3) is 3.06. The molecule has 2 heterocycles. The molecule has 1 aliphatic rings. The van der Waals surface area contributed by atoms with Crippen LogP contribution < -0.4 is 5.32 Å². The molecule has 0 aromatic carbocycles. The van der Waals surface area contributed by atoms with Gasteiger partial charge in [-0.25, -0.2) is 0 Å². The van der Waals surface area contributed by atoms with Crippen LogP contribution in [0.4, 0.5) is 0 Å². The van der Waals surface area contributed by atoms with E-state index in [0.29, 0.717) is 31.3 Å². The Morgan fingerprint density at radius 1 is 1.33 bits per heavy atom. The monoisotopic (exact) mass is 293 g/mol. The molecule has 0 bridgehead atoms. The lowest BCUT2D eigenvalue weighted by atomic mass is 9.87. The number of rotatable bonds is 5. The van der Waals surface area contributed by atoms with Crippen molar-refractivity contribution in [2.45, 2.75) is 46.7 Å². The van der Waals surface area contributed by atoms with Gasteiger partial charge in [0.1, 0.15) is 0 Å². The van der Waals surface area contributed by atoms with Crippen molar-refractivity contribution in [3.8, 4) is 0 Å². The summed E-state index contributed by atoms with van der Waals surface area (Å²) in [5.41, 5.74) is -0.393. The van der Waals surface area contributed by atoms with Crippen molar-refractivity contribution in [3.05, 3.63) is 11.6 Å². The van der Waals surface area contributed by atoms with Crippen molar-refractivity contribution in [1.82, 2.24) is 25.0 Å². The normalized spacial score (nSPS) is 15.0. The topological polar surface area (TPSA) is 80.1 Å². The number of carbonyl (C=O) groups excluding carboxylic acids is 2. The van der Waals surface area contributed by atoms with Crippen LogP contribution in [-0.4, -0.2) is 45.1 Å². The van der Waals surface area contributed by atoms with Crippen molar-refractivity contribution < 1.29 is 9.59 Å². The first-order chi connectivity index (χ1) is 9.86. The molecule has 21 heavy (non-hydrogen) atoms. The first-order valence-corrected chi connectivity index (χ1v) is 7.32. The van der Waals surface area contributed by atoms with Gasteiger partial charge in [0.15, 0.2) is 5.82 Å². The first-order valence-electron chi connectivity index (χ1n) is 7.32. The Bertz CT molecular complexity index is 550. The maximum atomic E-state index is 12.2. The summed E-state index contributed by atoms with van der Waals surface area (Å²) in [6.45, 7) is 7.52. The molecule has 1 aliphatic heterocycles. The molecular weight excluding hydrogens is 270 g/mol. The fraction of sp³-hybridized carbons (Fsp3) is 0.714. The zero-order valence-electron chi connectivity index (χ0n) is 13.1. The van der Waals surface area contributed by atoms with E-state index >= 15 is 0 Å². The van der Waals surface area contributed by atoms with Gasteiger partial charge in [-0.3, -0.25) is 9.59 Å². The van der Waals surface area contributed by atoms with Crippen LogP contribution in [0.15, 0.2) is 0 Å². The third-order valence-corrected chi connectivity index (χ3v) is 3.92. The highest BCUT2D eigenvalue weighted by molar-refractivity contribution is 5.91. The van der Waals surface area contributed by atoms with Crippen LogP contribution in [0.5, 0.6) is 0 Å². The Morgan fingerprint density at radius 2 is 2.05 bits per heavy atom. The van der Waals surface area contributed by atoms with Crippen molar-refractivity contribution in [1.29, 1.82) is 0 Å². The maximum Gasteiger partial charge on any atom is 0.291 e. The second-order valence-electron chi connectivity index (χ2n) is 6.13. The van der Waals surface area contributed by atoms with Gasteiger partial charge in [0, 0.05) is 25.6 Å². The van der Waals surface area contributed by atoms with E-state index in [9.17, 15) is 9.59 Å². The minimum Gasteiger partial charge on any atom is -0.348 e. The Hall–Kier alpha value is -1.92. The van der Waals surface area contributed by atoms with Crippen molar-refractivity contribution in [2.24, 2.45) is 5.41 Å². The predicted molar refractivity (Wildman–Crippen MR) is 77.5 cm³/mol. The minimum atomic E-state index is -0.393. The molecule has 1 aromatic heterocycles. The number of aromatic nitrogens is 3. The average molecular weight is 293 g/mol. The highest BCUT2D eigenvalue weighted by Gasteiger charge is 2.29. The van der Waals surface area contributed by atoms with E-state index < -0.39 is 5.41 Å². The zero-order valence-corrected chi connectivity index (χ0v) is 13.1. The number of carbonyl (C=O) groups is 2. The van der Waals surface area contributed by atoms with E-state index in [2.05, 4.69) is 22.4 Å². The number of hydrogen-bond donors (Lipinski definition) is 1. The molecule has 0 atom stereocenters. The van der Waals surface area contributed by atoms with E-state index in [1.807, 2.05) is 13.8 Å². The maximum absolute atomic E-state index is 12.2. The van der Waals surface area contributed by atoms with Crippen molar-refractivity contribution >= 4 is 11.8 Å². The van der Waals surface area contributed by atoms with Crippen LogP contribution in [-0.2, 0) is 17.9 Å². The number of likely N-dealkylation sites (N-methyl/N-ethyl adjacent to an activating group) is 1. The van der Waals surface area contributed by atoms with Crippen LogP contribution >= 0.6 is 0 Å². The molecule has 0 unspecified atom stereocenters. The smallest absolute Gasteiger partial charge is 0.291 e. The van der Waals surface area contributed by atoms with E-state index in [4.69, 9.17) is 0 Å². The standard InChI is InChI=1S/C14H23N5O2/c1-5-6-14(2,3)13(21)15-9-10-16-17-11-12(20)18(4)7-8-19(10)11/h5-9H2,1-4H3,(H,15,21). The molecule has 2 rings (SSSR count). The van der Waals surface area contributed by atoms with Crippen LogP contribution in [0.1, 0.15) is 50.1 Å². The molecule has 1 aromatic rings. The van der Waals surface area contributed by atoms with Gasteiger partial charge in [0.05, 0.1) is 6.54 Å². The lowest BCUT2D eigenvalue weighted by molar-refractivity contribution is -0.129. The van der Waals surface area contributed by atoms with E-state index in [0.717, 1.165) is 12.8 Å². The van der Waals surface area contributed by atoms with Crippen LogP contribution in [0.25, 0.3) is 0 Å². The molecule has 0 saturated heterocycles. The molecule has 116 valence electrons. The Balaban J connectivity index is 2.04. The fourth-order valence-corrected chi connectivity index (χ4v) is 2.52. The molecule has 0 aliphatic carbocycles. The first kappa shape index (κ1) is 15.5. The van der Waals surface area contributed by atoms with Gasteiger partial charge >= 0.3 is 0 Å². The van der Waals surface area contributed by atoms with Gasteiger partial charge < -0.3 is 14.8 Å². The summed E-state index contributed by atoms with van der Waals surface area (Å²) < 4.78 is 1.79. The molecule has 0 fully saturated rings. The summed E-state index contributed by atoms with van der Waals surface area (Å²) in [4.78, 5) is 25.7. The highest BCUT2D eigenvalue weighted by atomic mass is 16.2. The van der Waals surface area contributed by atoms with Gasteiger partial charge in [0.2, 0.25) is 11.7 Å². The van der Waals surface area contributed by atoms with Crippen LogP contribution in [0.2, 0.25) is 0 Å². The van der Waals surface area contributed by atoms with Crippen molar-refractivity contribution in [3.63, 3.8) is 0 Å². The second kappa shape index (κ2) is 5.83. The summed E-state index contributed by atoms with van der Waals surface area (Å²) in [6, 6.07) is 0. The Labute approximate surface area is 124 Å². The molecule has 7 heteroatoms. The lowest BCUT2D eigenvalue weighted by Gasteiger charge is -2.24. The molecule has 0 spiro atoms. The number of nitrogens with one attached hydrogen (secondary N) is 1. The molecule has 2 amide bonds. The van der Waals surface area contributed by atoms with Crippen LogP contribution in [0.3, 0.4) is 0 Å². The average Bonchev–Trinajstić information content (AvgIpc) is 2.84. The number of hydrogen-bond acceptors (Lipinski definition) is 4. The zero-order chi connectivity index (χ0) is 15.6. The Kier molecular flexibility index (Phi) is 4.29. The fourth-order valence-electron chi connectivity index (χ4n) is 2.52. The summed E-state index contributed by atoms with van der Waals surface area (Å²) in [7, 11) is 1.75. The number of amides is 2. The largest absolute Gasteiger partial charge is 0.348 e. The summed E-state index contributed by atoms with van der Waals surface area (Å²) in [5.74, 6) is 0.853. The van der Waals surface area contributed by atoms with Crippen LogP contribution in [0, 0.1) is 5.41 Å². The van der Waals surface area contributed by atoms with Gasteiger partial charge in [-0.15, -0.1) is 10.2 Å². The summed E-state index contributed by atoms with van der Waals surface area (Å²) in [6.07, 6.45) is 1.79. The van der Waals surface area contributed by atoms with Gasteiger partial charge in [-0.05, 0) is 6.42 Å². The summed E-state index contributed by atoms with van der Waals surface area (Å²) >= 11 is 0. The molecule has 0 saturated carbocycles. The van der Waals surface area contributed by atoms with Crippen molar-refractivity contribution in [2.75, 3.05) is 13.6 Å². The predicted octanol–water partition coefficient (Wildman–Crippen LogP) is 0.806. The molecule has 1 N–H and O–H groups in total. The minimum absolute atomic E-state index is 0.000883. The molecular formula is C14H23N5O2. The van der Waals surface area contributed by atoms with E-state index in [1.54, 1.807) is 16.5 Å². The molecule has 7 nitrogen and oxygen atoms in total. The third-order valence-electron chi connectivity index (χ3n) is 3.92. The van der Waals surface area contributed by atoms with E-state index in [1.165, 1.54) is 0 Å². The van der Waals surface area contributed by atoms with Gasteiger partial charge in [-0.2, -0.15) is 0 Å². The SMILES string of the molecule is CCCC(C)(C)C(=O)NCc1nnc2n1CCN(C)C2=O.